The minimum Gasteiger partial charge on any atom is -0.481 e. The number of hydrogen-bond acceptors (Lipinski definition) is 3. The number of carbonyl (C=O) groups is 3. The molecule has 1 unspecified atom stereocenters. The van der Waals surface area contributed by atoms with Crippen molar-refractivity contribution in [3.8, 4) is 0 Å². The van der Waals surface area contributed by atoms with Crippen LogP contribution < -0.4 is 5.32 Å². The highest BCUT2D eigenvalue weighted by molar-refractivity contribution is 5.91. The fraction of sp³-hybridized carbons (Fsp3) is 0.769. The highest BCUT2D eigenvalue weighted by Crippen LogP contribution is 2.27. The number of piperazine rings is 1. The van der Waals surface area contributed by atoms with Gasteiger partial charge in [0.1, 0.15) is 6.04 Å². The van der Waals surface area contributed by atoms with E-state index < -0.39 is 12.0 Å². The molecule has 0 aromatic heterocycles. The van der Waals surface area contributed by atoms with E-state index in [2.05, 4.69) is 5.32 Å². The largest absolute Gasteiger partial charge is 0.481 e. The van der Waals surface area contributed by atoms with Crippen LogP contribution in [-0.4, -0.2) is 65.5 Å². The van der Waals surface area contributed by atoms with Gasteiger partial charge in [0.25, 0.3) is 0 Å². The van der Waals surface area contributed by atoms with Gasteiger partial charge in [-0.2, -0.15) is 0 Å². The first-order chi connectivity index (χ1) is 9.49. The Kier molecular flexibility index (Phi) is 4.46. The second-order valence-electron chi connectivity index (χ2n) is 5.56. The quantitative estimate of drug-likeness (QED) is 0.766. The lowest BCUT2D eigenvalue weighted by molar-refractivity contribution is -0.142. The molecular formula is C13H21N3O4. The van der Waals surface area contributed by atoms with E-state index in [1.165, 1.54) is 11.3 Å². The third-order valence-electron chi connectivity index (χ3n) is 4.03. The van der Waals surface area contributed by atoms with Gasteiger partial charge in [0.2, 0.25) is 5.91 Å². The van der Waals surface area contributed by atoms with E-state index in [9.17, 15) is 14.4 Å². The van der Waals surface area contributed by atoms with Gasteiger partial charge in [-0.1, -0.05) is 6.42 Å². The van der Waals surface area contributed by atoms with Gasteiger partial charge in [0.05, 0.1) is 6.42 Å². The van der Waals surface area contributed by atoms with Crippen LogP contribution in [0, 0.1) is 5.92 Å². The molecule has 112 valence electrons. The Balaban J connectivity index is 2.00. The molecule has 0 aromatic rings. The summed E-state index contributed by atoms with van der Waals surface area (Å²) in [6.07, 6.45) is 3.13. The van der Waals surface area contributed by atoms with Crippen LogP contribution in [0.1, 0.15) is 25.7 Å². The maximum atomic E-state index is 12.4. The second kappa shape index (κ2) is 6.11. The number of aliphatic carboxylic acids is 1. The lowest BCUT2D eigenvalue weighted by atomic mass is 9.85. The maximum absolute atomic E-state index is 12.4. The van der Waals surface area contributed by atoms with E-state index in [-0.39, 0.29) is 18.4 Å². The Morgan fingerprint density at radius 2 is 2.15 bits per heavy atom. The number of urea groups is 1. The van der Waals surface area contributed by atoms with Crippen molar-refractivity contribution in [2.24, 2.45) is 5.92 Å². The number of carbonyl (C=O) groups excluding carboxylic acids is 2. The van der Waals surface area contributed by atoms with E-state index in [0.29, 0.717) is 25.6 Å². The molecule has 1 aliphatic heterocycles. The summed E-state index contributed by atoms with van der Waals surface area (Å²) in [7, 11) is 1.71. The third-order valence-corrected chi connectivity index (χ3v) is 4.03. The van der Waals surface area contributed by atoms with Crippen molar-refractivity contribution in [3.63, 3.8) is 0 Å². The molecule has 2 N–H and O–H groups in total. The molecule has 0 aromatic carbocycles. The number of carboxylic acids is 1. The zero-order valence-electron chi connectivity index (χ0n) is 11.7. The van der Waals surface area contributed by atoms with Gasteiger partial charge in [0.15, 0.2) is 0 Å². The first-order valence-electron chi connectivity index (χ1n) is 7.00. The number of nitrogens with zero attached hydrogens (tertiary/aromatic N) is 2. The van der Waals surface area contributed by atoms with Crippen LogP contribution in [0.15, 0.2) is 0 Å². The maximum Gasteiger partial charge on any atom is 0.320 e. The summed E-state index contributed by atoms with van der Waals surface area (Å²) in [5, 5.41) is 11.5. The van der Waals surface area contributed by atoms with E-state index in [4.69, 9.17) is 5.11 Å². The fourth-order valence-corrected chi connectivity index (χ4v) is 2.67. The van der Waals surface area contributed by atoms with E-state index in [0.717, 1.165) is 12.8 Å². The molecule has 0 bridgehead atoms. The van der Waals surface area contributed by atoms with Crippen LogP contribution >= 0.6 is 0 Å². The fourth-order valence-electron chi connectivity index (χ4n) is 2.67. The van der Waals surface area contributed by atoms with Gasteiger partial charge < -0.3 is 20.2 Å². The van der Waals surface area contributed by atoms with Crippen LogP contribution in [-0.2, 0) is 9.59 Å². The molecule has 1 heterocycles. The van der Waals surface area contributed by atoms with Crippen molar-refractivity contribution >= 4 is 17.9 Å². The molecule has 1 aliphatic carbocycles. The smallest absolute Gasteiger partial charge is 0.320 e. The molecule has 2 rings (SSSR count). The summed E-state index contributed by atoms with van der Waals surface area (Å²) >= 11 is 0. The van der Waals surface area contributed by atoms with E-state index >= 15 is 0 Å². The average molecular weight is 283 g/mol. The molecule has 7 heteroatoms. The number of hydrogen-bond donors (Lipinski definition) is 2. The molecule has 0 radical (unpaired) electrons. The summed E-state index contributed by atoms with van der Waals surface area (Å²) in [5.41, 5.74) is 0. The van der Waals surface area contributed by atoms with Gasteiger partial charge in [-0.3, -0.25) is 9.59 Å². The standard InChI is InChI=1S/C13H21N3O4/c1-15(8-9-3-2-4-9)13(20)16-6-5-14-12(19)10(16)7-11(17)18/h9-10H,2-8H2,1H3,(H,14,19)(H,17,18). The van der Waals surface area contributed by atoms with Crippen molar-refractivity contribution < 1.29 is 19.5 Å². The SMILES string of the molecule is CN(CC1CCC1)C(=O)N1CCNC(=O)C1CC(=O)O. The summed E-state index contributed by atoms with van der Waals surface area (Å²) in [6.45, 7) is 1.41. The summed E-state index contributed by atoms with van der Waals surface area (Å²) < 4.78 is 0. The minimum atomic E-state index is -1.08. The van der Waals surface area contributed by atoms with E-state index in [1.807, 2.05) is 0 Å². The zero-order valence-corrected chi connectivity index (χ0v) is 11.7. The van der Waals surface area contributed by atoms with Crippen molar-refractivity contribution in [1.29, 1.82) is 0 Å². The summed E-state index contributed by atoms with van der Waals surface area (Å²) in [5.74, 6) is -0.920. The summed E-state index contributed by atoms with van der Waals surface area (Å²) in [6, 6.07) is -1.16. The molecule has 20 heavy (non-hydrogen) atoms. The predicted molar refractivity (Wildman–Crippen MR) is 71.1 cm³/mol. The molecule has 2 fully saturated rings. The highest BCUT2D eigenvalue weighted by Gasteiger charge is 2.36. The zero-order chi connectivity index (χ0) is 14.7. The van der Waals surface area contributed by atoms with Crippen LogP contribution in [0.5, 0.6) is 0 Å². The van der Waals surface area contributed by atoms with Crippen LogP contribution in [0.3, 0.4) is 0 Å². The molecule has 1 saturated heterocycles. The molecular weight excluding hydrogens is 262 g/mol. The van der Waals surface area contributed by atoms with Gasteiger partial charge in [-0.15, -0.1) is 0 Å². The first kappa shape index (κ1) is 14.6. The van der Waals surface area contributed by atoms with Gasteiger partial charge in [-0.05, 0) is 18.8 Å². The Morgan fingerprint density at radius 1 is 1.45 bits per heavy atom. The number of carboxylic acid groups (broad SMARTS) is 1. The lowest BCUT2D eigenvalue weighted by Gasteiger charge is -2.38. The molecule has 3 amide bonds. The molecule has 0 spiro atoms. The first-order valence-corrected chi connectivity index (χ1v) is 7.00. The molecule has 1 saturated carbocycles. The Bertz CT molecular complexity index is 408. The Labute approximate surface area is 117 Å². The van der Waals surface area contributed by atoms with Crippen LogP contribution in [0.25, 0.3) is 0 Å². The second-order valence-corrected chi connectivity index (χ2v) is 5.56. The molecule has 7 nitrogen and oxygen atoms in total. The van der Waals surface area contributed by atoms with E-state index in [1.54, 1.807) is 11.9 Å². The van der Waals surface area contributed by atoms with Gasteiger partial charge in [0, 0.05) is 26.7 Å². The van der Waals surface area contributed by atoms with Crippen molar-refractivity contribution in [2.45, 2.75) is 31.7 Å². The van der Waals surface area contributed by atoms with Crippen molar-refractivity contribution in [2.75, 3.05) is 26.7 Å². The van der Waals surface area contributed by atoms with Gasteiger partial charge >= 0.3 is 12.0 Å². The summed E-state index contributed by atoms with van der Waals surface area (Å²) in [4.78, 5) is 38.0. The number of rotatable bonds is 4. The predicted octanol–water partition coefficient (Wildman–Crippen LogP) is 0.113. The average Bonchev–Trinajstić information content (AvgIpc) is 2.34. The number of nitrogens with one attached hydrogen (secondary N) is 1. The molecule has 2 aliphatic rings. The monoisotopic (exact) mass is 283 g/mol. The highest BCUT2D eigenvalue weighted by atomic mass is 16.4. The van der Waals surface area contributed by atoms with Crippen LogP contribution in [0.4, 0.5) is 4.79 Å². The lowest BCUT2D eigenvalue weighted by Crippen LogP contribution is -2.60. The minimum absolute atomic E-state index is 0.252. The Morgan fingerprint density at radius 3 is 2.70 bits per heavy atom. The third kappa shape index (κ3) is 3.20. The van der Waals surface area contributed by atoms with Crippen molar-refractivity contribution in [3.05, 3.63) is 0 Å². The van der Waals surface area contributed by atoms with Gasteiger partial charge in [-0.25, -0.2) is 4.79 Å². The number of amides is 3. The van der Waals surface area contributed by atoms with Crippen molar-refractivity contribution in [1.82, 2.24) is 15.1 Å². The molecule has 1 atom stereocenters. The topological polar surface area (TPSA) is 90.0 Å². The normalized spacial score (nSPS) is 22.9. The van der Waals surface area contributed by atoms with Crippen LogP contribution in [0.2, 0.25) is 0 Å². The Hall–Kier alpha value is -1.79.